The number of carboxylic acid groups (broad SMARTS) is 1. The minimum atomic E-state index is -0.814. The summed E-state index contributed by atoms with van der Waals surface area (Å²) >= 11 is 12.5. The highest BCUT2D eigenvalue weighted by molar-refractivity contribution is 6.35. The van der Waals surface area contributed by atoms with Crippen molar-refractivity contribution in [3.8, 4) is 11.5 Å². The van der Waals surface area contributed by atoms with E-state index in [9.17, 15) is 15.1 Å². The molecule has 1 aliphatic heterocycles. The molecule has 150 valence electrons. The Morgan fingerprint density at radius 3 is 2.39 bits per heavy atom. The second-order valence-electron chi connectivity index (χ2n) is 6.62. The Labute approximate surface area is 172 Å². The molecule has 1 N–H and O–H groups in total. The summed E-state index contributed by atoms with van der Waals surface area (Å²) in [6.07, 6.45) is 2.93. The third-order valence-electron chi connectivity index (χ3n) is 4.95. The van der Waals surface area contributed by atoms with Gasteiger partial charge in [-0.05, 0) is 24.1 Å². The van der Waals surface area contributed by atoms with E-state index >= 15 is 0 Å². The third kappa shape index (κ3) is 4.11. The Morgan fingerprint density at radius 1 is 1.25 bits per heavy atom. The van der Waals surface area contributed by atoms with Gasteiger partial charge in [-0.1, -0.05) is 29.3 Å². The summed E-state index contributed by atoms with van der Waals surface area (Å²) < 4.78 is 11.2. The molecule has 0 spiro atoms. The molecule has 0 aliphatic carbocycles. The van der Waals surface area contributed by atoms with Crippen LogP contribution in [0.5, 0.6) is 11.5 Å². The minimum absolute atomic E-state index is 0.187. The number of nitrogens with zero attached hydrogens (tertiary/aromatic N) is 2. The minimum Gasteiger partial charge on any atom is -0.619 e. The van der Waals surface area contributed by atoms with Crippen LogP contribution in [0.3, 0.4) is 0 Å². The van der Waals surface area contributed by atoms with Crippen LogP contribution in [0.2, 0.25) is 10.0 Å². The van der Waals surface area contributed by atoms with Gasteiger partial charge in [0.25, 0.3) is 0 Å². The van der Waals surface area contributed by atoms with Gasteiger partial charge in [0.05, 0.1) is 20.1 Å². The molecule has 28 heavy (non-hydrogen) atoms. The average molecular weight is 427 g/mol. The number of carbonyl (C=O) groups is 1. The molecular weight excluding hydrogens is 407 g/mol. The van der Waals surface area contributed by atoms with Gasteiger partial charge in [-0.2, -0.15) is 4.73 Å². The zero-order chi connectivity index (χ0) is 20.4. The number of likely N-dealkylation sites (tertiary alicyclic amines) is 1. The normalized spacial score (nSPS) is 15.7. The van der Waals surface area contributed by atoms with Gasteiger partial charge >= 0.3 is 5.97 Å². The molecule has 0 radical (unpaired) electrons. The molecule has 1 aromatic carbocycles. The monoisotopic (exact) mass is 426 g/mol. The van der Waals surface area contributed by atoms with Gasteiger partial charge in [0.2, 0.25) is 0 Å². The van der Waals surface area contributed by atoms with Gasteiger partial charge < -0.3 is 19.8 Å². The van der Waals surface area contributed by atoms with Crippen molar-refractivity contribution in [2.45, 2.75) is 12.5 Å². The van der Waals surface area contributed by atoms with Gasteiger partial charge in [-0.25, -0.2) is 0 Å². The van der Waals surface area contributed by atoms with E-state index in [4.69, 9.17) is 32.7 Å². The molecule has 1 saturated heterocycles. The first kappa shape index (κ1) is 20.5. The summed E-state index contributed by atoms with van der Waals surface area (Å²) in [5, 5.41) is 21.3. The predicted octanol–water partition coefficient (Wildman–Crippen LogP) is 2.94. The maximum absolute atomic E-state index is 11.5. The number of benzene rings is 1. The van der Waals surface area contributed by atoms with Crippen LogP contribution in [0.4, 0.5) is 0 Å². The Balaban J connectivity index is 1.96. The lowest BCUT2D eigenvalue weighted by atomic mass is 9.90. The van der Waals surface area contributed by atoms with Crippen LogP contribution in [0.25, 0.3) is 0 Å². The first-order valence-corrected chi connectivity index (χ1v) is 9.35. The largest absolute Gasteiger partial charge is 0.619 e. The number of hydrogen-bond acceptors (Lipinski definition) is 5. The van der Waals surface area contributed by atoms with E-state index in [2.05, 4.69) is 0 Å². The van der Waals surface area contributed by atoms with Gasteiger partial charge in [-0.15, -0.1) is 0 Å². The van der Waals surface area contributed by atoms with E-state index in [1.165, 1.54) is 12.4 Å². The van der Waals surface area contributed by atoms with Gasteiger partial charge in [0.15, 0.2) is 23.9 Å². The van der Waals surface area contributed by atoms with Crippen molar-refractivity contribution in [1.82, 2.24) is 4.90 Å². The van der Waals surface area contributed by atoms with Crippen LogP contribution in [0.15, 0.2) is 30.6 Å². The van der Waals surface area contributed by atoms with Crippen LogP contribution >= 0.6 is 23.2 Å². The molecule has 0 amide bonds. The fraction of sp³-hybridized carbons (Fsp3) is 0.368. The molecule has 0 saturated carbocycles. The summed E-state index contributed by atoms with van der Waals surface area (Å²) in [5.74, 6) is -0.0539. The van der Waals surface area contributed by atoms with Crippen LogP contribution in [0.1, 0.15) is 17.2 Å². The van der Waals surface area contributed by atoms with Crippen LogP contribution in [0, 0.1) is 11.1 Å². The average Bonchev–Trinajstić information content (AvgIpc) is 2.60. The molecule has 1 aromatic heterocycles. The fourth-order valence-corrected chi connectivity index (χ4v) is 3.96. The van der Waals surface area contributed by atoms with E-state index in [0.29, 0.717) is 41.3 Å². The summed E-state index contributed by atoms with van der Waals surface area (Å²) in [6, 6.07) is 5.37. The van der Waals surface area contributed by atoms with Gasteiger partial charge in [0, 0.05) is 24.7 Å². The predicted molar refractivity (Wildman–Crippen MR) is 104 cm³/mol. The van der Waals surface area contributed by atoms with E-state index < -0.39 is 11.9 Å². The molecular formula is C19H20Cl2N2O5. The summed E-state index contributed by atoms with van der Waals surface area (Å²) in [7, 11) is 3.11. The number of rotatable bonds is 7. The molecule has 2 heterocycles. The Kier molecular flexibility index (Phi) is 6.17. The number of hydrogen-bond donors (Lipinski definition) is 1. The number of pyridine rings is 1. The second-order valence-corrected chi connectivity index (χ2v) is 7.43. The van der Waals surface area contributed by atoms with Crippen molar-refractivity contribution in [2.24, 2.45) is 5.92 Å². The zero-order valence-corrected chi connectivity index (χ0v) is 16.9. The van der Waals surface area contributed by atoms with Gasteiger partial charge in [0.1, 0.15) is 10.0 Å². The molecule has 0 bridgehead atoms. The third-order valence-corrected chi connectivity index (χ3v) is 5.60. The number of aromatic nitrogens is 1. The van der Waals surface area contributed by atoms with E-state index in [1.807, 2.05) is 17.0 Å². The lowest BCUT2D eigenvalue weighted by molar-refractivity contribution is -0.605. The SMILES string of the molecule is COc1ccc([C@H](Cc2c(Cl)c[n+]([O-])cc2Cl)N2CC(C(=O)O)C2)cc1OC. The number of methoxy groups -OCH3 is 2. The first-order chi connectivity index (χ1) is 13.3. The van der Waals surface area contributed by atoms with E-state index in [0.717, 1.165) is 5.56 Å². The van der Waals surface area contributed by atoms with Crippen molar-refractivity contribution in [1.29, 1.82) is 0 Å². The van der Waals surface area contributed by atoms with E-state index in [-0.39, 0.29) is 16.1 Å². The zero-order valence-electron chi connectivity index (χ0n) is 15.4. The lowest BCUT2D eigenvalue weighted by Gasteiger charge is -2.43. The Morgan fingerprint density at radius 2 is 1.86 bits per heavy atom. The maximum atomic E-state index is 11.5. The molecule has 0 unspecified atom stereocenters. The summed E-state index contributed by atoms with van der Waals surface area (Å²) in [4.78, 5) is 13.3. The van der Waals surface area contributed by atoms with Crippen LogP contribution in [-0.2, 0) is 11.2 Å². The fourth-order valence-electron chi connectivity index (χ4n) is 3.36. The highest BCUT2D eigenvalue weighted by atomic mass is 35.5. The van der Waals surface area contributed by atoms with Crippen molar-refractivity contribution in [3.05, 3.63) is 57.0 Å². The number of ether oxygens (including phenoxy) is 2. The Hall–Kier alpha value is -2.22. The van der Waals surface area contributed by atoms with Gasteiger partial charge in [-0.3, -0.25) is 9.69 Å². The quantitative estimate of drug-likeness (QED) is 0.540. The molecule has 1 atom stereocenters. The summed E-state index contributed by atoms with van der Waals surface area (Å²) in [6.45, 7) is 0.829. The van der Waals surface area contributed by atoms with Crippen molar-refractivity contribution < 1.29 is 24.1 Å². The molecule has 7 nitrogen and oxygen atoms in total. The number of carboxylic acids is 1. The smallest absolute Gasteiger partial charge is 0.309 e. The van der Waals surface area contributed by atoms with Crippen molar-refractivity contribution in [3.63, 3.8) is 0 Å². The Bertz CT molecular complexity index is 864. The highest BCUT2D eigenvalue weighted by Gasteiger charge is 2.38. The first-order valence-electron chi connectivity index (χ1n) is 8.59. The van der Waals surface area contributed by atoms with Crippen LogP contribution in [-0.4, -0.2) is 43.3 Å². The molecule has 9 heteroatoms. The molecule has 2 aromatic rings. The van der Waals surface area contributed by atoms with Crippen molar-refractivity contribution >= 4 is 29.2 Å². The molecule has 1 fully saturated rings. The maximum Gasteiger partial charge on any atom is 0.309 e. The summed E-state index contributed by atoms with van der Waals surface area (Å²) in [5.41, 5.74) is 1.54. The second kappa shape index (κ2) is 8.43. The van der Waals surface area contributed by atoms with Crippen LogP contribution < -0.4 is 14.2 Å². The molecule has 1 aliphatic rings. The topological polar surface area (TPSA) is 85.9 Å². The number of aliphatic carboxylic acids is 1. The number of halogens is 2. The molecule has 3 rings (SSSR count). The lowest BCUT2D eigenvalue weighted by Crippen LogP contribution is -2.52. The van der Waals surface area contributed by atoms with E-state index in [1.54, 1.807) is 20.3 Å². The van der Waals surface area contributed by atoms with Crippen molar-refractivity contribution in [2.75, 3.05) is 27.3 Å². The standard InChI is InChI=1S/C19H20Cl2N2O5/c1-27-17-4-3-11(5-18(17)28-2)16(22-7-12(8-22)19(24)25)6-13-14(20)9-23(26)10-15(13)21/h3-5,9-10,12,16H,6-8H2,1-2H3,(H,24,25)/t16-/m0/s1. The highest BCUT2D eigenvalue weighted by Crippen LogP contribution is 2.38.